The molecule has 7 nitrogen and oxygen atoms in total. The quantitative estimate of drug-likeness (QED) is 0.265. The number of aromatic nitrogens is 5. The van der Waals surface area contributed by atoms with Crippen molar-refractivity contribution in [2.24, 2.45) is 0 Å². The summed E-state index contributed by atoms with van der Waals surface area (Å²) < 4.78 is 6.02. The lowest BCUT2D eigenvalue weighted by molar-refractivity contribution is 0.305. The minimum atomic E-state index is 0.506. The Morgan fingerprint density at radius 1 is 0.816 bits per heavy atom. The van der Waals surface area contributed by atoms with E-state index >= 15 is 0 Å². The second-order valence-electron chi connectivity index (χ2n) is 9.84. The lowest BCUT2D eigenvalue weighted by atomic mass is 10.0. The summed E-state index contributed by atoms with van der Waals surface area (Å²) in [5, 5.41) is 10.1. The predicted molar refractivity (Wildman–Crippen MR) is 151 cm³/mol. The minimum absolute atomic E-state index is 0.506. The van der Waals surface area contributed by atoms with Gasteiger partial charge >= 0.3 is 0 Å². The Morgan fingerprint density at radius 2 is 1.71 bits per heavy atom. The van der Waals surface area contributed by atoms with E-state index in [4.69, 9.17) is 9.72 Å². The van der Waals surface area contributed by atoms with Crippen molar-refractivity contribution in [1.82, 2.24) is 25.1 Å². The molecule has 6 aromatic rings. The first-order valence-electron chi connectivity index (χ1n) is 13.2. The van der Waals surface area contributed by atoms with Crippen molar-refractivity contribution in [3.63, 3.8) is 0 Å². The molecule has 4 aromatic heterocycles. The number of piperidine rings is 1. The highest BCUT2D eigenvalue weighted by Crippen LogP contribution is 2.35. The topological polar surface area (TPSA) is 82.7 Å². The molecule has 0 unspecified atom stereocenters. The van der Waals surface area contributed by atoms with Crippen molar-refractivity contribution in [2.45, 2.75) is 25.9 Å². The van der Waals surface area contributed by atoms with Gasteiger partial charge in [0.25, 0.3) is 0 Å². The smallest absolute Gasteiger partial charge is 0.138 e. The monoisotopic (exact) mass is 500 g/mol. The predicted octanol–water partition coefficient (Wildman–Crippen LogP) is 6.74. The third-order valence-corrected chi connectivity index (χ3v) is 7.30. The van der Waals surface area contributed by atoms with Crippen LogP contribution >= 0.6 is 0 Å². The van der Waals surface area contributed by atoms with Crippen LogP contribution < -0.4 is 9.64 Å². The maximum absolute atomic E-state index is 6.02. The molecule has 2 aromatic carbocycles. The SMILES string of the molecule is c1ccc(COc2cncc(-c3ccc4[nH]nc(-c5cc6c(N7CCCCC7)nccc6[nH]5)c4c3)c2)cc1. The Bertz CT molecular complexity index is 1720. The molecule has 5 heterocycles. The molecular formula is C31H28N6O. The molecule has 188 valence electrons. The van der Waals surface area contributed by atoms with Gasteiger partial charge in [0.1, 0.15) is 23.9 Å². The van der Waals surface area contributed by atoms with Crippen molar-refractivity contribution >= 4 is 27.6 Å². The van der Waals surface area contributed by atoms with Gasteiger partial charge in [0, 0.05) is 41.8 Å². The fraction of sp³-hybridized carbons (Fsp3) is 0.194. The molecule has 0 atom stereocenters. The maximum Gasteiger partial charge on any atom is 0.138 e. The molecule has 0 radical (unpaired) electrons. The molecule has 0 amide bonds. The van der Waals surface area contributed by atoms with Crippen LogP contribution in [-0.4, -0.2) is 38.2 Å². The zero-order valence-corrected chi connectivity index (χ0v) is 21.0. The van der Waals surface area contributed by atoms with Crippen molar-refractivity contribution in [1.29, 1.82) is 0 Å². The van der Waals surface area contributed by atoms with E-state index in [-0.39, 0.29) is 0 Å². The third kappa shape index (κ3) is 4.26. The van der Waals surface area contributed by atoms with Crippen LogP contribution in [0.25, 0.3) is 44.3 Å². The van der Waals surface area contributed by atoms with E-state index in [0.717, 1.165) is 74.5 Å². The summed E-state index contributed by atoms with van der Waals surface area (Å²) >= 11 is 0. The lowest BCUT2D eigenvalue weighted by Gasteiger charge is -2.28. The molecule has 0 bridgehead atoms. The van der Waals surface area contributed by atoms with Gasteiger partial charge in [0.15, 0.2) is 0 Å². The van der Waals surface area contributed by atoms with Crippen LogP contribution in [0, 0.1) is 0 Å². The van der Waals surface area contributed by atoms with Crippen molar-refractivity contribution in [3.05, 3.63) is 90.9 Å². The van der Waals surface area contributed by atoms with Crippen LogP contribution in [0.4, 0.5) is 5.82 Å². The van der Waals surface area contributed by atoms with Gasteiger partial charge in [-0.25, -0.2) is 4.98 Å². The fourth-order valence-corrected chi connectivity index (χ4v) is 5.32. The molecule has 0 aliphatic carbocycles. The molecule has 0 spiro atoms. The van der Waals surface area contributed by atoms with Crippen molar-refractivity contribution in [3.8, 4) is 28.3 Å². The van der Waals surface area contributed by atoms with E-state index in [1.165, 1.54) is 19.3 Å². The first-order chi connectivity index (χ1) is 18.8. The number of hydrogen-bond donors (Lipinski definition) is 2. The van der Waals surface area contributed by atoms with Gasteiger partial charge in [0.2, 0.25) is 0 Å². The Hall–Kier alpha value is -4.65. The minimum Gasteiger partial charge on any atom is -0.487 e. The fourth-order valence-electron chi connectivity index (χ4n) is 5.32. The molecule has 2 N–H and O–H groups in total. The van der Waals surface area contributed by atoms with Crippen molar-refractivity contribution < 1.29 is 4.74 Å². The normalized spacial score (nSPS) is 13.8. The first-order valence-corrected chi connectivity index (χ1v) is 13.2. The Kier molecular flexibility index (Phi) is 5.73. The summed E-state index contributed by atoms with van der Waals surface area (Å²) in [5.74, 6) is 1.80. The van der Waals surface area contributed by atoms with Crippen LogP contribution in [0.15, 0.2) is 85.3 Å². The highest BCUT2D eigenvalue weighted by atomic mass is 16.5. The molecule has 1 aliphatic heterocycles. The van der Waals surface area contributed by atoms with E-state index in [1.54, 1.807) is 6.20 Å². The maximum atomic E-state index is 6.02. The van der Waals surface area contributed by atoms with Gasteiger partial charge < -0.3 is 14.6 Å². The van der Waals surface area contributed by atoms with Crippen LogP contribution in [-0.2, 0) is 6.61 Å². The number of pyridine rings is 2. The highest BCUT2D eigenvalue weighted by Gasteiger charge is 2.18. The number of rotatable bonds is 6. The summed E-state index contributed by atoms with van der Waals surface area (Å²) in [6.07, 6.45) is 9.25. The number of ether oxygens (including phenoxy) is 1. The molecule has 0 saturated carbocycles. The van der Waals surface area contributed by atoms with Gasteiger partial charge in [0.05, 0.1) is 22.9 Å². The molecule has 1 saturated heterocycles. The summed E-state index contributed by atoms with van der Waals surface area (Å²) in [4.78, 5) is 15.2. The number of fused-ring (bicyclic) bond motifs is 2. The van der Waals surface area contributed by atoms with E-state index in [2.05, 4.69) is 61.5 Å². The Morgan fingerprint density at radius 3 is 2.61 bits per heavy atom. The summed E-state index contributed by atoms with van der Waals surface area (Å²) in [5.41, 5.74) is 7.12. The summed E-state index contributed by atoms with van der Waals surface area (Å²) in [6, 6.07) is 22.8. The number of hydrogen-bond acceptors (Lipinski definition) is 5. The van der Waals surface area contributed by atoms with E-state index in [9.17, 15) is 0 Å². The summed E-state index contributed by atoms with van der Waals surface area (Å²) in [7, 11) is 0. The van der Waals surface area contributed by atoms with Crippen LogP contribution in [0.2, 0.25) is 0 Å². The van der Waals surface area contributed by atoms with Gasteiger partial charge in [-0.1, -0.05) is 36.4 Å². The van der Waals surface area contributed by atoms with E-state index in [1.807, 2.05) is 42.7 Å². The number of nitrogens with one attached hydrogen (secondary N) is 2. The molecular weight excluding hydrogens is 472 g/mol. The van der Waals surface area contributed by atoms with Gasteiger partial charge in [-0.15, -0.1) is 0 Å². The van der Waals surface area contributed by atoms with Crippen LogP contribution in [0.3, 0.4) is 0 Å². The van der Waals surface area contributed by atoms with Gasteiger partial charge in [-0.2, -0.15) is 5.10 Å². The van der Waals surface area contributed by atoms with Crippen LogP contribution in [0.1, 0.15) is 24.8 Å². The van der Waals surface area contributed by atoms with E-state index < -0.39 is 0 Å². The summed E-state index contributed by atoms with van der Waals surface area (Å²) in [6.45, 7) is 2.62. The van der Waals surface area contributed by atoms with Crippen molar-refractivity contribution in [2.75, 3.05) is 18.0 Å². The molecule has 38 heavy (non-hydrogen) atoms. The second kappa shape index (κ2) is 9.67. The number of nitrogens with zero attached hydrogens (tertiary/aromatic N) is 4. The number of aromatic amines is 2. The molecule has 1 aliphatic rings. The highest BCUT2D eigenvalue weighted by molar-refractivity contribution is 6.00. The number of H-pyrrole nitrogens is 2. The van der Waals surface area contributed by atoms with Crippen LogP contribution in [0.5, 0.6) is 5.75 Å². The zero-order valence-electron chi connectivity index (χ0n) is 21.0. The molecule has 1 fully saturated rings. The Labute approximate surface area is 220 Å². The third-order valence-electron chi connectivity index (χ3n) is 7.30. The standard InChI is InChI=1S/C31H28N6O/c1-3-7-21(8-4-1)20-38-24-15-23(18-32-19-24)22-9-10-28-25(16-22)30(36-35-28)29-17-26-27(34-29)11-12-33-31(26)37-13-5-2-6-14-37/h1,3-4,7-12,15-19,34H,2,5-6,13-14,20H2,(H,35,36). The Balaban J connectivity index is 1.22. The molecule has 7 rings (SSSR count). The average Bonchev–Trinajstić information content (AvgIpc) is 3.61. The lowest BCUT2D eigenvalue weighted by Crippen LogP contribution is -2.30. The largest absolute Gasteiger partial charge is 0.487 e. The van der Waals surface area contributed by atoms with Gasteiger partial charge in [-0.3, -0.25) is 10.1 Å². The number of anilines is 1. The zero-order chi connectivity index (χ0) is 25.3. The first kappa shape index (κ1) is 22.5. The molecule has 7 heteroatoms. The van der Waals surface area contributed by atoms with Gasteiger partial charge in [-0.05, 0) is 60.7 Å². The second-order valence-corrected chi connectivity index (χ2v) is 9.84. The average molecular weight is 501 g/mol. The number of benzene rings is 2. The van der Waals surface area contributed by atoms with E-state index in [0.29, 0.717) is 6.61 Å².